The van der Waals surface area contributed by atoms with Crippen molar-refractivity contribution in [2.24, 2.45) is 0 Å². The Balaban J connectivity index is 4.17. The van der Waals surface area contributed by atoms with E-state index in [9.17, 15) is 19.0 Å². The average Bonchev–Trinajstić information content (AvgIpc) is 3.25. The summed E-state index contributed by atoms with van der Waals surface area (Å²) in [5.74, 6) is -0.817. The van der Waals surface area contributed by atoms with Gasteiger partial charge in [0.1, 0.15) is 19.8 Å². The van der Waals surface area contributed by atoms with Crippen molar-refractivity contribution >= 4 is 19.8 Å². The lowest BCUT2D eigenvalue weighted by Crippen LogP contribution is -2.37. The highest BCUT2D eigenvalue weighted by atomic mass is 31.2. The maximum atomic E-state index is 12.8. The number of quaternary nitrogens is 1. The van der Waals surface area contributed by atoms with Gasteiger partial charge in [0, 0.05) is 12.8 Å². The number of likely N-dealkylation sites (N-methyl/N-ethyl adjacent to an activating group) is 1. The molecule has 0 radical (unpaired) electrons. The van der Waals surface area contributed by atoms with E-state index < -0.39 is 26.5 Å². The zero-order valence-electron chi connectivity index (χ0n) is 43.0. The Morgan fingerprint density at radius 3 is 1.16 bits per heavy atom. The molecule has 9 nitrogen and oxygen atoms in total. The summed E-state index contributed by atoms with van der Waals surface area (Å²) in [6.07, 6.45) is 52.4. The maximum Gasteiger partial charge on any atom is 0.306 e. The smallest absolute Gasteiger partial charge is 0.306 e. The monoisotopic (exact) mass is 928 g/mol. The van der Waals surface area contributed by atoms with Gasteiger partial charge in [0.05, 0.1) is 27.7 Å². The lowest BCUT2D eigenvalue weighted by Gasteiger charge is -2.28. The number of hydrogen-bond acceptors (Lipinski definition) is 8. The molecule has 0 rings (SSSR count). The molecule has 0 N–H and O–H groups in total. The molecule has 10 heteroatoms. The number of carbonyl (C=O) groups excluding carboxylic acids is 2. The molecule has 0 heterocycles. The van der Waals surface area contributed by atoms with Crippen molar-refractivity contribution in [2.45, 2.75) is 277 Å². The quantitative estimate of drug-likeness (QED) is 0.0195. The van der Waals surface area contributed by atoms with Crippen LogP contribution in [-0.2, 0) is 32.7 Å². The molecule has 0 bridgehead atoms. The lowest BCUT2D eigenvalue weighted by molar-refractivity contribution is -0.870. The molecule has 0 aliphatic rings. The van der Waals surface area contributed by atoms with Gasteiger partial charge in [-0.2, -0.15) is 0 Å². The van der Waals surface area contributed by atoms with E-state index in [1.807, 2.05) is 21.1 Å². The number of rotatable bonds is 51. The molecule has 1 unspecified atom stereocenters. The van der Waals surface area contributed by atoms with Crippen molar-refractivity contribution in [3.05, 3.63) is 12.2 Å². The van der Waals surface area contributed by atoms with Crippen LogP contribution in [-0.4, -0.2) is 70.0 Å². The second kappa shape index (κ2) is 46.8. The Labute approximate surface area is 396 Å². The minimum atomic E-state index is -4.63. The number of hydrogen-bond donors (Lipinski definition) is 0. The zero-order chi connectivity index (χ0) is 47.1. The minimum Gasteiger partial charge on any atom is -0.756 e. The Bertz CT molecular complexity index is 1100. The van der Waals surface area contributed by atoms with Gasteiger partial charge in [-0.1, -0.05) is 231 Å². The van der Waals surface area contributed by atoms with Crippen LogP contribution in [0.5, 0.6) is 0 Å². The fraction of sp³-hybridized carbons (Fsp3) is 0.926. The van der Waals surface area contributed by atoms with E-state index in [0.29, 0.717) is 17.4 Å². The highest BCUT2D eigenvalue weighted by Gasteiger charge is 2.21. The van der Waals surface area contributed by atoms with Gasteiger partial charge in [0.15, 0.2) is 6.10 Å². The van der Waals surface area contributed by atoms with Gasteiger partial charge in [0.25, 0.3) is 7.82 Å². The summed E-state index contributed by atoms with van der Waals surface area (Å²) in [5.41, 5.74) is 0. The van der Waals surface area contributed by atoms with Gasteiger partial charge >= 0.3 is 11.9 Å². The van der Waals surface area contributed by atoms with Crippen molar-refractivity contribution in [3.8, 4) is 0 Å². The normalized spacial score (nSPS) is 13.4. The largest absolute Gasteiger partial charge is 0.756 e. The van der Waals surface area contributed by atoms with Crippen LogP contribution in [0, 0.1) is 0 Å². The van der Waals surface area contributed by atoms with Crippen LogP contribution in [0.1, 0.15) is 271 Å². The molecule has 0 aromatic rings. The Hall–Kier alpha value is -1.25. The predicted molar refractivity (Wildman–Crippen MR) is 268 cm³/mol. The number of allylic oxidation sites excluding steroid dienone is 2. The van der Waals surface area contributed by atoms with Crippen molar-refractivity contribution in [2.75, 3.05) is 47.5 Å². The van der Waals surface area contributed by atoms with E-state index in [0.717, 1.165) is 32.1 Å². The van der Waals surface area contributed by atoms with E-state index in [-0.39, 0.29) is 32.0 Å². The Kier molecular flexibility index (Phi) is 45.9. The molecule has 0 aromatic heterocycles. The van der Waals surface area contributed by atoms with Crippen LogP contribution >= 0.6 is 7.82 Å². The van der Waals surface area contributed by atoms with E-state index in [1.54, 1.807) is 0 Å². The first-order valence-corrected chi connectivity index (χ1v) is 28.9. The summed E-state index contributed by atoms with van der Waals surface area (Å²) in [5, 5.41) is 0. The van der Waals surface area contributed by atoms with Crippen molar-refractivity contribution in [1.82, 2.24) is 0 Å². The van der Waals surface area contributed by atoms with Crippen LogP contribution in [0.25, 0.3) is 0 Å². The van der Waals surface area contributed by atoms with Gasteiger partial charge in [-0.05, 0) is 38.5 Å². The molecule has 0 amide bonds. The van der Waals surface area contributed by atoms with Crippen molar-refractivity contribution < 1.29 is 42.1 Å². The maximum absolute atomic E-state index is 12.8. The summed E-state index contributed by atoms with van der Waals surface area (Å²) in [6, 6.07) is 0. The van der Waals surface area contributed by atoms with Crippen molar-refractivity contribution in [3.63, 3.8) is 0 Å². The van der Waals surface area contributed by atoms with Crippen LogP contribution in [0.4, 0.5) is 0 Å². The first-order valence-electron chi connectivity index (χ1n) is 27.4. The first kappa shape index (κ1) is 62.8. The zero-order valence-corrected chi connectivity index (χ0v) is 43.9. The van der Waals surface area contributed by atoms with Gasteiger partial charge in [-0.15, -0.1) is 0 Å². The minimum absolute atomic E-state index is 0.0270. The number of carbonyl (C=O) groups is 2. The third-order valence-corrected chi connectivity index (χ3v) is 13.2. The molecule has 0 saturated carbocycles. The van der Waals surface area contributed by atoms with E-state index in [4.69, 9.17) is 18.5 Å². The van der Waals surface area contributed by atoms with Gasteiger partial charge in [-0.3, -0.25) is 14.2 Å². The third kappa shape index (κ3) is 50.2. The summed E-state index contributed by atoms with van der Waals surface area (Å²) in [7, 11) is 1.18. The molecule has 0 spiro atoms. The molecule has 0 aliphatic carbocycles. The SMILES string of the molecule is CCCCCCCC/C=C\CCCCCCCCCCCCCC(=O)OC[C@H](COP(=O)([O-])OCC[N+](C)(C)C)OC(=O)CCCCCCCCCCCCCCCCCCCCC. The number of phosphoric acid groups is 1. The van der Waals surface area contributed by atoms with E-state index in [1.165, 1.54) is 205 Å². The number of nitrogens with zero attached hydrogens (tertiary/aromatic N) is 1. The second-order valence-corrected chi connectivity index (χ2v) is 21.4. The number of phosphoric ester groups is 1. The second-order valence-electron chi connectivity index (χ2n) is 20.0. The van der Waals surface area contributed by atoms with E-state index >= 15 is 0 Å². The van der Waals surface area contributed by atoms with Crippen LogP contribution in [0.3, 0.4) is 0 Å². The highest BCUT2D eigenvalue weighted by Crippen LogP contribution is 2.38. The molecule has 0 aromatic carbocycles. The molecule has 380 valence electrons. The summed E-state index contributed by atoms with van der Waals surface area (Å²) < 4.78 is 34.1. The Morgan fingerprint density at radius 1 is 0.469 bits per heavy atom. The summed E-state index contributed by atoms with van der Waals surface area (Å²) in [6.45, 7) is 4.29. The summed E-state index contributed by atoms with van der Waals surface area (Å²) in [4.78, 5) is 37.8. The number of esters is 2. The fourth-order valence-electron chi connectivity index (χ4n) is 8.01. The summed E-state index contributed by atoms with van der Waals surface area (Å²) >= 11 is 0. The number of ether oxygens (including phenoxy) is 2. The van der Waals surface area contributed by atoms with Crippen LogP contribution in [0.15, 0.2) is 12.2 Å². The average molecular weight is 928 g/mol. The predicted octanol–water partition coefficient (Wildman–Crippen LogP) is 15.8. The Morgan fingerprint density at radius 2 is 0.797 bits per heavy atom. The molecule has 64 heavy (non-hydrogen) atoms. The first-order chi connectivity index (χ1) is 31.0. The fourth-order valence-corrected chi connectivity index (χ4v) is 8.73. The van der Waals surface area contributed by atoms with Crippen LogP contribution in [0.2, 0.25) is 0 Å². The van der Waals surface area contributed by atoms with E-state index in [2.05, 4.69) is 26.0 Å². The molecular weight excluding hydrogens is 822 g/mol. The molecule has 0 aliphatic heterocycles. The third-order valence-electron chi connectivity index (χ3n) is 12.3. The van der Waals surface area contributed by atoms with Crippen molar-refractivity contribution in [1.29, 1.82) is 0 Å². The topological polar surface area (TPSA) is 111 Å². The molecule has 2 atom stereocenters. The van der Waals surface area contributed by atoms with Gasteiger partial charge in [0.2, 0.25) is 0 Å². The molecule has 0 saturated heterocycles. The highest BCUT2D eigenvalue weighted by molar-refractivity contribution is 7.45. The van der Waals surface area contributed by atoms with Gasteiger partial charge in [-0.25, -0.2) is 0 Å². The molecular formula is C54H106NO8P. The lowest BCUT2D eigenvalue weighted by atomic mass is 10.0. The standard InChI is InChI=1S/C54H106NO8P/c1-6-8-10-12-14-16-18-20-22-24-26-27-29-30-32-34-36-38-40-42-44-46-53(56)60-50-52(51-62-64(58,59)61-49-48-55(3,4)5)63-54(57)47-45-43-41-39-37-35-33-31-28-25-23-21-19-17-15-13-11-9-7-2/h20,22,52H,6-19,21,23-51H2,1-5H3/b22-20-/t52-/m1/s1. The van der Waals surface area contributed by atoms with Crippen LogP contribution < -0.4 is 4.89 Å². The number of unbranched alkanes of at least 4 members (excludes halogenated alkanes) is 35. The van der Waals surface area contributed by atoms with Gasteiger partial charge < -0.3 is 27.9 Å². The molecule has 0 fully saturated rings.